The number of halogens is 3. The molecule has 0 saturated heterocycles. The molecule has 1 aliphatic rings. The van der Waals surface area contributed by atoms with Gasteiger partial charge in [-0.3, -0.25) is 10.2 Å². The Morgan fingerprint density at radius 1 is 1.38 bits per heavy atom. The molecular formula is C14H15F3N2O2. The minimum Gasteiger partial charge on any atom is -0.406 e. The predicted octanol–water partition coefficient (Wildman–Crippen LogP) is 2.76. The maximum Gasteiger partial charge on any atom is 0.573 e. The number of alkyl halides is 3. The molecular weight excluding hydrogens is 285 g/mol. The van der Waals surface area contributed by atoms with Gasteiger partial charge in [-0.2, -0.15) is 0 Å². The van der Waals surface area contributed by atoms with E-state index in [1.165, 1.54) is 18.2 Å². The van der Waals surface area contributed by atoms with Crippen molar-refractivity contribution in [2.24, 2.45) is 11.8 Å². The van der Waals surface area contributed by atoms with Gasteiger partial charge >= 0.3 is 6.36 Å². The van der Waals surface area contributed by atoms with Gasteiger partial charge in [-0.25, -0.2) is 5.84 Å². The van der Waals surface area contributed by atoms with Crippen LogP contribution in [0.4, 0.5) is 13.2 Å². The van der Waals surface area contributed by atoms with E-state index >= 15 is 0 Å². The van der Waals surface area contributed by atoms with E-state index < -0.39 is 6.36 Å². The molecule has 2 rings (SSSR count). The number of benzene rings is 1. The lowest BCUT2D eigenvalue weighted by atomic mass is 9.86. The number of nitrogens with one attached hydrogen (secondary N) is 1. The Kier molecular flexibility index (Phi) is 4.52. The minimum absolute atomic E-state index is 0.187. The van der Waals surface area contributed by atoms with E-state index in [-0.39, 0.29) is 17.6 Å². The highest BCUT2D eigenvalue weighted by atomic mass is 19.4. The van der Waals surface area contributed by atoms with E-state index in [4.69, 9.17) is 5.84 Å². The number of hydrogen-bond acceptors (Lipinski definition) is 3. The van der Waals surface area contributed by atoms with Crippen LogP contribution in [0.1, 0.15) is 24.8 Å². The quantitative estimate of drug-likeness (QED) is 0.512. The number of ether oxygens (including phenoxy) is 1. The van der Waals surface area contributed by atoms with Crippen LogP contribution in [0.15, 0.2) is 30.3 Å². The Hall–Kier alpha value is -2.02. The second-order valence-electron chi connectivity index (χ2n) is 4.78. The number of allylic oxidation sites excluding steroid dienone is 2. The van der Waals surface area contributed by atoms with Gasteiger partial charge in [0.05, 0.1) is 0 Å². The third-order valence-corrected chi connectivity index (χ3v) is 3.36. The zero-order valence-corrected chi connectivity index (χ0v) is 11.1. The molecule has 0 saturated carbocycles. The molecule has 1 atom stereocenters. The van der Waals surface area contributed by atoms with Gasteiger partial charge in [0.2, 0.25) is 5.91 Å². The standard InChI is InChI=1S/C14H15F3N2O2/c15-14(16,17)21-12-3-1-2-11(8-12)9-4-6-10(7-5-9)13(20)19-18/h1-4,8,10H,5-7,18H2,(H,19,20). The molecule has 4 nitrogen and oxygen atoms in total. The van der Waals surface area contributed by atoms with Crippen LogP contribution in [-0.4, -0.2) is 12.3 Å². The fourth-order valence-corrected chi connectivity index (χ4v) is 2.35. The fourth-order valence-electron chi connectivity index (χ4n) is 2.35. The zero-order valence-electron chi connectivity index (χ0n) is 11.1. The highest BCUT2D eigenvalue weighted by Gasteiger charge is 2.31. The topological polar surface area (TPSA) is 64.3 Å². The average Bonchev–Trinajstić information content (AvgIpc) is 2.45. The lowest BCUT2D eigenvalue weighted by molar-refractivity contribution is -0.274. The van der Waals surface area contributed by atoms with E-state index in [1.54, 1.807) is 6.07 Å². The predicted molar refractivity (Wildman–Crippen MR) is 70.8 cm³/mol. The summed E-state index contributed by atoms with van der Waals surface area (Å²) in [6.07, 6.45) is -1.12. The number of rotatable bonds is 3. The molecule has 0 heterocycles. The van der Waals surface area contributed by atoms with Crippen molar-refractivity contribution >= 4 is 11.5 Å². The third kappa shape index (κ3) is 4.22. The zero-order chi connectivity index (χ0) is 15.5. The lowest BCUT2D eigenvalue weighted by Gasteiger charge is -2.21. The summed E-state index contributed by atoms with van der Waals surface area (Å²) < 4.78 is 40.5. The van der Waals surface area contributed by atoms with Crippen LogP contribution in [0, 0.1) is 5.92 Å². The molecule has 7 heteroatoms. The maximum atomic E-state index is 12.2. The first kappa shape index (κ1) is 15.4. The van der Waals surface area contributed by atoms with Gasteiger partial charge in [0.25, 0.3) is 0 Å². The van der Waals surface area contributed by atoms with Gasteiger partial charge in [-0.05, 0) is 42.5 Å². The fraction of sp³-hybridized carbons (Fsp3) is 0.357. The van der Waals surface area contributed by atoms with Crippen molar-refractivity contribution in [1.29, 1.82) is 0 Å². The number of hydrogen-bond donors (Lipinski definition) is 2. The van der Waals surface area contributed by atoms with Crippen molar-refractivity contribution in [3.05, 3.63) is 35.9 Å². The van der Waals surface area contributed by atoms with E-state index in [1.807, 2.05) is 6.08 Å². The molecule has 1 amide bonds. The Morgan fingerprint density at radius 2 is 2.14 bits per heavy atom. The molecule has 1 aromatic rings. The number of carbonyl (C=O) groups excluding carboxylic acids is 1. The van der Waals surface area contributed by atoms with Gasteiger partial charge < -0.3 is 4.74 Å². The molecule has 1 aliphatic carbocycles. The summed E-state index contributed by atoms with van der Waals surface area (Å²) in [5.74, 6) is 4.43. The third-order valence-electron chi connectivity index (χ3n) is 3.36. The minimum atomic E-state index is -4.70. The first-order valence-electron chi connectivity index (χ1n) is 6.45. The van der Waals surface area contributed by atoms with E-state index in [0.717, 1.165) is 5.57 Å². The average molecular weight is 300 g/mol. The monoisotopic (exact) mass is 300 g/mol. The van der Waals surface area contributed by atoms with Crippen LogP contribution in [0.5, 0.6) is 5.75 Å². The second kappa shape index (κ2) is 6.17. The van der Waals surface area contributed by atoms with Gasteiger partial charge in [0.15, 0.2) is 0 Å². The lowest BCUT2D eigenvalue weighted by Crippen LogP contribution is -2.36. The Bertz CT molecular complexity index is 555. The van der Waals surface area contributed by atoms with Crippen molar-refractivity contribution in [3.8, 4) is 5.75 Å². The molecule has 0 aromatic heterocycles. The summed E-state index contributed by atoms with van der Waals surface area (Å²) >= 11 is 0. The Morgan fingerprint density at radius 3 is 2.71 bits per heavy atom. The maximum absolute atomic E-state index is 12.2. The summed E-state index contributed by atoms with van der Waals surface area (Å²) in [7, 11) is 0. The summed E-state index contributed by atoms with van der Waals surface area (Å²) in [6.45, 7) is 0. The van der Waals surface area contributed by atoms with Crippen LogP contribution < -0.4 is 16.0 Å². The van der Waals surface area contributed by atoms with Crippen molar-refractivity contribution in [1.82, 2.24) is 5.43 Å². The molecule has 114 valence electrons. The highest BCUT2D eigenvalue weighted by molar-refractivity contribution is 5.80. The van der Waals surface area contributed by atoms with E-state index in [9.17, 15) is 18.0 Å². The first-order valence-corrected chi connectivity index (χ1v) is 6.45. The Balaban J connectivity index is 2.11. The second-order valence-corrected chi connectivity index (χ2v) is 4.78. The summed E-state index contributed by atoms with van der Waals surface area (Å²) in [6, 6.07) is 5.84. The molecule has 0 fully saturated rings. The van der Waals surface area contributed by atoms with Crippen molar-refractivity contribution in [2.75, 3.05) is 0 Å². The molecule has 1 unspecified atom stereocenters. The van der Waals surface area contributed by atoms with Crippen LogP contribution in [0.3, 0.4) is 0 Å². The van der Waals surface area contributed by atoms with Gasteiger partial charge in [-0.15, -0.1) is 13.2 Å². The highest BCUT2D eigenvalue weighted by Crippen LogP contribution is 2.32. The largest absolute Gasteiger partial charge is 0.573 e. The summed E-state index contributed by atoms with van der Waals surface area (Å²) in [5.41, 5.74) is 3.69. The van der Waals surface area contributed by atoms with Crippen molar-refractivity contribution in [2.45, 2.75) is 25.6 Å². The number of hydrazine groups is 1. The van der Waals surface area contributed by atoms with E-state index in [2.05, 4.69) is 10.2 Å². The SMILES string of the molecule is NNC(=O)C1CC=C(c2cccc(OC(F)(F)F)c2)CC1. The molecule has 0 spiro atoms. The van der Waals surface area contributed by atoms with Crippen LogP contribution in [0.2, 0.25) is 0 Å². The number of carbonyl (C=O) groups is 1. The van der Waals surface area contributed by atoms with Gasteiger partial charge in [-0.1, -0.05) is 18.2 Å². The molecule has 0 bridgehead atoms. The molecule has 0 radical (unpaired) electrons. The molecule has 3 N–H and O–H groups in total. The molecule has 21 heavy (non-hydrogen) atoms. The first-order chi connectivity index (χ1) is 9.89. The molecule has 1 aromatic carbocycles. The van der Waals surface area contributed by atoms with Crippen LogP contribution in [0.25, 0.3) is 5.57 Å². The van der Waals surface area contributed by atoms with E-state index in [0.29, 0.717) is 24.8 Å². The van der Waals surface area contributed by atoms with Crippen LogP contribution in [-0.2, 0) is 4.79 Å². The number of amides is 1. The smallest absolute Gasteiger partial charge is 0.406 e. The summed E-state index contributed by atoms with van der Waals surface area (Å²) in [4.78, 5) is 11.4. The van der Waals surface area contributed by atoms with Crippen LogP contribution >= 0.6 is 0 Å². The van der Waals surface area contributed by atoms with Gasteiger partial charge in [0, 0.05) is 5.92 Å². The van der Waals surface area contributed by atoms with Gasteiger partial charge in [0.1, 0.15) is 5.75 Å². The number of nitrogens with two attached hydrogens (primary N) is 1. The van der Waals surface area contributed by atoms with Crippen molar-refractivity contribution in [3.63, 3.8) is 0 Å². The molecule has 0 aliphatic heterocycles. The van der Waals surface area contributed by atoms with Crippen molar-refractivity contribution < 1.29 is 22.7 Å². The normalized spacial score (nSPS) is 18.9. The summed E-state index contributed by atoms with van der Waals surface area (Å²) in [5, 5.41) is 0. The Labute approximate surface area is 119 Å².